The van der Waals surface area contributed by atoms with Gasteiger partial charge in [-0.3, -0.25) is 0 Å². The first-order chi connectivity index (χ1) is 6.94. The maximum absolute atomic E-state index is 9.76. The van der Waals surface area contributed by atoms with Gasteiger partial charge in [0.2, 0.25) is 0 Å². The van der Waals surface area contributed by atoms with Crippen LogP contribution < -0.4 is 0 Å². The number of aryl methyl sites for hydroxylation is 1. The van der Waals surface area contributed by atoms with Crippen LogP contribution in [0.15, 0.2) is 24.3 Å². The summed E-state index contributed by atoms with van der Waals surface area (Å²) in [6, 6.07) is 8.66. The van der Waals surface area contributed by atoms with Crippen molar-refractivity contribution in [3.8, 4) is 0 Å². The lowest BCUT2D eigenvalue weighted by molar-refractivity contribution is 0.0819. The average molecular weight is 220 g/mol. The third-order valence-corrected chi connectivity index (χ3v) is 3.43. The Morgan fingerprint density at radius 3 is 2.67 bits per heavy atom. The van der Waals surface area contributed by atoms with E-state index < -0.39 is 5.60 Å². The van der Waals surface area contributed by atoms with E-state index in [4.69, 9.17) is 0 Å². The summed E-state index contributed by atoms with van der Waals surface area (Å²) in [5.41, 5.74) is 0.676. The molecule has 0 unspecified atom stereocenters. The maximum atomic E-state index is 9.76. The molecule has 0 saturated heterocycles. The average Bonchev–Trinajstić information content (AvgIpc) is 2.42. The molecular formula is C13H16OS. The van der Waals surface area contributed by atoms with Gasteiger partial charge >= 0.3 is 0 Å². The lowest BCUT2D eigenvalue weighted by Crippen LogP contribution is -2.20. The topological polar surface area (TPSA) is 20.2 Å². The molecule has 2 aromatic rings. The summed E-state index contributed by atoms with van der Waals surface area (Å²) < 4.78 is 1.31. The first-order valence-electron chi connectivity index (χ1n) is 5.15. The Bertz CT molecular complexity index is 477. The number of rotatable bonds is 2. The van der Waals surface area contributed by atoms with E-state index in [1.807, 2.05) is 13.8 Å². The van der Waals surface area contributed by atoms with Crippen LogP contribution in [0.25, 0.3) is 10.1 Å². The Hall–Kier alpha value is -0.860. The molecule has 0 bridgehead atoms. The number of aliphatic hydroxyl groups is 1. The van der Waals surface area contributed by atoms with Crippen molar-refractivity contribution in [2.45, 2.75) is 32.8 Å². The van der Waals surface area contributed by atoms with Gasteiger partial charge < -0.3 is 5.11 Å². The van der Waals surface area contributed by atoms with E-state index in [1.165, 1.54) is 20.5 Å². The predicted molar refractivity (Wildman–Crippen MR) is 66.6 cm³/mol. The zero-order valence-corrected chi connectivity index (χ0v) is 10.2. The van der Waals surface area contributed by atoms with Crippen LogP contribution in [0, 0.1) is 6.92 Å². The van der Waals surface area contributed by atoms with E-state index in [0.717, 1.165) is 6.42 Å². The molecule has 0 fully saturated rings. The summed E-state index contributed by atoms with van der Waals surface area (Å²) in [4.78, 5) is 1.25. The van der Waals surface area contributed by atoms with E-state index in [0.29, 0.717) is 0 Å². The number of hydrogen-bond donors (Lipinski definition) is 1. The predicted octanol–water partition coefficient (Wildman–Crippen LogP) is 3.52. The van der Waals surface area contributed by atoms with Crippen LogP contribution in [0.1, 0.15) is 24.3 Å². The van der Waals surface area contributed by atoms with Gasteiger partial charge in [-0.15, -0.1) is 11.3 Å². The molecule has 0 aliphatic rings. The first kappa shape index (κ1) is 10.7. The van der Waals surface area contributed by atoms with Crippen LogP contribution >= 0.6 is 11.3 Å². The molecule has 1 heterocycles. The minimum atomic E-state index is -0.615. The summed E-state index contributed by atoms with van der Waals surface area (Å²) in [7, 11) is 0. The normalized spacial score (nSPS) is 12.3. The number of thiophene rings is 1. The fourth-order valence-electron chi connectivity index (χ4n) is 1.71. The Morgan fingerprint density at radius 2 is 2.00 bits per heavy atom. The Labute approximate surface area is 94.4 Å². The zero-order valence-electron chi connectivity index (χ0n) is 9.37. The van der Waals surface area contributed by atoms with Gasteiger partial charge in [0.25, 0.3) is 0 Å². The summed E-state index contributed by atoms with van der Waals surface area (Å²) in [6.45, 7) is 5.81. The van der Waals surface area contributed by atoms with Crippen molar-refractivity contribution >= 4 is 21.4 Å². The quantitative estimate of drug-likeness (QED) is 0.821. The van der Waals surface area contributed by atoms with Gasteiger partial charge in [0.15, 0.2) is 0 Å². The van der Waals surface area contributed by atoms with Crippen LogP contribution in [0.4, 0.5) is 0 Å². The molecule has 1 aromatic carbocycles. The molecular weight excluding hydrogens is 204 g/mol. The lowest BCUT2D eigenvalue weighted by atomic mass is 10.0. The van der Waals surface area contributed by atoms with Gasteiger partial charge in [-0.1, -0.05) is 12.1 Å². The van der Waals surface area contributed by atoms with Crippen molar-refractivity contribution in [1.82, 2.24) is 0 Å². The molecule has 2 heteroatoms. The molecule has 0 saturated carbocycles. The highest BCUT2D eigenvalue weighted by atomic mass is 32.1. The Morgan fingerprint density at radius 1 is 1.27 bits per heavy atom. The molecule has 0 aliphatic heterocycles. The van der Waals surface area contributed by atoms with E-state index >= 15 is 0 Å². The van der Waals surface area contributed by atoms with Gasteiger partial charge in [-0.25, -0.2) is 0 Å². The molecule has 15 heavy (non-hydrogen) atoms. The molecule has 2 rings (SSSR count). The van der Waals surface area contributed by atoms with Crippen molar-refractivity contribution in [3.05, 3.63) is 34.7 Å². The molecule has 0 amide bonds. The van der Waals surface area contributed by atoms with Crippen molar-refractivity contribution in [3.63, 3.8) is 0 Å². The monoisotopic (exact) mass is 220 g/mol. The lowest BCUT2D eigenvalue weighted by Gasteiger charge is -2.14. The highest BCUT2D eigenvalue weighted by Gasteiger charge is 2.15. The van der Waals surface area contributed by atoms with Crippen LogP contribution in [0.3, 0.4) is 0 Å². The third-order valence-electron chi connectivity index (χ3n) is 2.33. The second-order valence-electron chi connectivity index (χ2n) is 4.74. The largest absolute Gasteiger partial charge is 0.390 e. The van der Waals surface area contributed by atoms with E-state index in [-0.39, 0.29) is 0 Å². The fourth-order valence-corrected chi connectivity index (χ4v) is 3.09. The van der Waals surface area contributed by atoms with Gasteiger partial charge in [0.1, 0.15) is 0 Å². The molecule has 1 N–H and O–H groups in total. The SMILES string of the molecule is Cc1ccc2cc(CC(C)(C)O)sc2c1. The third kappa shape index (κ3) is 2.58. The minimum Gasteiger partial charge on any atom is -0.390 e. The van der Waals surface area contributed by atoms with Crippen molar-refractivity contribution in [2.24, 2.45) is 0 Å². The standard InChI is InChI=1S/C13H16OS/c1-9-4-5-10-7-11(8-13(2,3)14)15-12(10)6-9/h4-7,14H,8H2,1-3H3. The first-order valence-corrected chi connectivity index (χ1v) is 5.97. The molecule has 0 spiro atoms. The number of benzene rings is 1. The highest BCUT2D eigenvalue weighted by Crippen LogP contribution is 2.28. The van der Waals surface area contributed by atoms with Gasteiger partial charge in [-0.05, 0) is 43.9 Å². The summed E-state index contributed by atoms with van der Waals surface area (Å²) in [5, 5.41) is 11.0. The van der Waals surface area contributed by atoms with Gasteiger partial charge in [0, 0.05) is 16.0 Å². The summed E-state index contributed by atoms with van der Waals surface area (Å²) >= 11 is 1.78. The van der Waals surface area contributed by atoms with Crippen LogP contribution in [-0.4, -0.2) is 10.7 Å². The van der Waals surface area contributed by atoms with E-state index in [1.54, 1.807) is 11.3 Å². The van der Waals surface area contributed by atoms with Crippen LogP contribution in [-0.2, 0) is 6.42 Å². The number of fused-ring (bicyclic) bond motifs is 1. The summed E-state index contributed by atoms with van der Waals surface area (Å²) in [5.74, 6) is 0. The van der Waals surface area contributed by atoms with Crippen molar-refractivity contribution in [1.29, 1.82) is 0 Å². The fraction of sp³-hybridized carbons (Fsp3) is 0.385. The molecule has 1 aromatic heterocycles. The van der Waals surface area contributed by atoms with Crippen molar-refractivity contribution in [2.75, 3.05) is 0 Å². The highest BCUT2D eigenvalue weighted by molar-refractivity contribution is 7.19. The second-order valence-corrected chi connectivity index (χ2v) is 5.91. The van der Waals surface area contributed by atoms with E-state index in [2.05, 4.69) is 31.2 Å². The number of hydrogen-bond acceptors (Lipinski definition) is 2. The van der Waals surface area contributed by atoms with Crippen molar-refractivity contribution < 1.29 is 5.11 Å². The van der Waals surface area contributed by atoms with Gasteiger partial charge in [-0.2, -0.15) is 0 Å². The smallest absolute Gasteiger partial charge is 0.0639 e. The molecule has 80 valence electrons. The van der Waals surface area contributed by atoms with E-state index in [9.17, 15) is 5.11 Å². The maximum Gasteiger partial charge on any atom is 0.0639 e. The molecule has 0 atom stereocenters. The molecule has 0 radical (unpaired) electrons. The Balaban J connectivity index is 2.39. The molecule has 0 aliphatic carbocycles. The second kappa shape index (κ2) is 3.62. The minimum absolute atomic E-state index is 0.615. The summed E-state index contributed by atoms with van der Waals surface area (Å²) in [6.07, 6.45) is 0.728. The molecule has 1 nitrogen and oxygen atoms in total. The zero-order chi connectivity index (χ0) is 11.1. The van der Waals surface area contributed by atoms with Crippen LogP contribution in [0.5, 0.6) is 0 Å². The Kier molecular flexibility index (Phi) is 2.57. The van der Waals surface area contributed by atoms with Crippen LogP contribution in [0.2, 0.25) is 0 Å². The van der Waals surface area contributed by atoms with Gasteiger partial charge in [0.05, 0.1) is 5.60 Å².